The fourth-order valence-corrected chi connectivity index (χ4v) is 9.16. The van der Waals surface area contributed by atoms with Crippen molar-refractivity contribution in [1.29, 1.82) is 0 Å². The number of aromatic nitrogens is 3. The summed E-state index contributed by atoms with van der Waals surface area (Å²) >= 11 is 1.79. The minimum atomic E-state index is 0.644. The molecule has 0 bridgehead atoms. The van der Waals surface area contributed by atoms with Crippen LogP contribution in [0.1, 0.15) is 0 Å². The minimum absolute atomic E-state index is 0.644. The zero-order valence-electron chi connectivity index (χ0n) is 29.6. The molecule has 11 aromatic rings. The summed E-state index contributed by atoms with van der Waals surface area (Å²) in [6.45, 7) is 0. The number of rotatable bonds is 5. The Morgan fingerprint density at radius 1 is 0.291 bits per heavy atom. The Morgan fingerprint density at radius 3 is 1.55 bits per heavy atom. The van der Waals surface area contributed by atoms with E-state index in [0.717, 1.165) is 33.0 Å². The van der Waals surface area contributed by atoms with Crippen LogP contribution < -0.4 is 0 Å². The molecule has 2 aromatic heterocycles. The van der Waals surface area contributed by atoms with Gasteiger partial charge in [-0.1, -0.05) is 158 Å². The van der Waals surface area contributed by atoms with Crippen molar-refractivity contribution >= 4 is 63.8 Å². The molecule has 0 amide bonds. The lowest BCUT2D eigenvalue weighted by atomic mass is 9.93. The van der Waals surface area contributed by atoms with Gasteiger partial charge >= 0.3 is 0 Å². The Bertz CT molecular complexity index is 3270. The summed E-state index contributed by atoms with van der Waals surface area (Å²) in [7, 11) is 0. The van der Waals surface area contributed by atoms with E-state index in [1.165, 1.54) is 58.4 Å². The lowest BCUT2D eigenvalue weighted by Crippen LogP contribution is -2.01. The minimum Gasteiger partial charge on any atom is -0.208 e. The molecule has 4 heteroatoms. The maximum absolute atomic E-state index is 5.29. The van der Waals surface area contributed by atoms with Crippen molar-refractivity contribution in [1.82, 2.24) is 15.0 Å². The predicted molar refractivity (Wildman–Crippen MR) is 232 cm³/mol. The second-order valence-corrected chi connectivity index (χ2v) is 15.0. The van der Waals surface area contributed by atoms with Crippen LogP contribution in [0.3, 0.4) is 0 Å². The molecule has 0 atom stereocenters. The highest BCUT2D eigenvalue weighted by atomic mass is 32.1. The Hall–Kier alpha value is -7.01. The number of benzene rings is 9. The zero-order valence-corrected chi connectivity index (χ0v) is 30.5. The molecule has 256 valence electrons. The van der Waals surface area contributed by atoms with Gasteiger partial charge in [-0.3, -0.25) is 0 Å². The monoisotopic (exact) mass is 717 g/mol. The van der Waals surface area contributed by atoms with Gasteiger partial charge < -0.3 is 0 Å². The molecule has 0 aliphatic carbocycles. The molecule has 0 aliphatic heterocycles. The van der Waals surface area contributed by atoms with Crippen LogP contribution in [-0.2, 0) is 0 Å². The normalized spacial score (nSPS) is 11.6. The van der Waals surface area contributed by atoms with E-state index in [9.17, 15) is 0 Å². The predicted octanol–water partition coefficient (Wildman–Crippen LogP) is 14.0. The van der Waals surface area contributed by atoms with E-state index in [2.05, 4.69) is 188 Å². The van der Waals surface area contributed by atoms with Gasteiger partial charge in [0.1, 0.15) is 0 Å². The molecule has 0 N–H and O–H groups in total. The number of thiophene rings is 1. The molecule has 3 nitrogen and oxygen atoms in total. The molecule has 0 aliphatic rings. The van der Waals surface area contributed by atoms with Gasteiger partial charge in [-0.15, -0.1) is 11.3 Å². The Balaban J connectivity index is 1.09. The molecule has 11 rings (SSSR count). The first kappa shape index (κ1) is 31.5. The average Bonchev–Trinajstić information content (AvgIpc) is 3.65. The summed E-state index contributed by atoms with van der Waals surface area (Å²) in [5.74, 6) is 1.96. The third-order valence-electron chi connectivity index (χ3n) is 10.7. The highest BCUT2D eigenvalue weighted by Crippen LogP contribution is 2.41. The largest absolute Gasteiger partial charge is 0.208 e. The van der Waals surface area contributed by atoms with E-state index < -0.39 is 0 Å². The highest BCUT2D eigenvalue weighted by molar-refractivity contribution is 7.26. The summed E-state index contributed by atoms with van der Waals surface area (Å²) in [5, 5.41) is 9.64. The maximum atomic E-state index is 5.29. The van der Waals surface area contributed by atoms with Crippen LogP contribution >= 0.6 is 11.3 Å². The lowest BCUT2D eigenvalue weighted by molar-refractivity contribution is 1.08. The van der Waals surface area contributed by atoms with Gasteiger partial charge in [0, 0.05) is 36.9 Å². The first-order chi connectivity index (χ1) is 27.2. The lowest BCUT2D eigenvalue weighted by Gasteiger charge is -2.14. The van der Waals surface area contributed by atoms with Crippen LogP contribution in [0.2, 0.25) is 0 Å². The smallest absolute Gasteiger partial charge is 0.165 e. The van der Waals surface area contributed by atoms with Gasteiger partial charge in [0.2, 0.25) is 0 Å². The van der Waals surface area contributed by atoms with E-state index in [1.54, 1.807) is 11.3 Å². The third-order valence-corrected chi connectivity index (χ3v) is 12.0. The summed E-state index contributed by atoms with van der Waals surface area (Å²) in [4.78, 5) is 15.8. The van der Waals surface area contributed by atoms with Gasteiger partial charge in [-0.05, 0) is 84.9 Å². The third kappa shape index (κ3) is 5.46. The zero-order chi connectivity index (χ0) is 36.3. The van der Waals surface area contributed by atoms with Crippen molar-refractivity contribution in [2.24, 2.45) is 0 Å². The van der Waals surface area contributed by atoms with Gasteiger partial charge in [0.15, 0.2) is 17.5 Å². The quantitative estimate of drug-likeness (QED) is 0.178. The van der Waals surface area contributed by atoms with Crippen molar-refractivity contribution in [3.8, 4) is 56.4 Å². The number of nitrogens with zero attached hydrogens (tertiary/aromatic N) is 3. The van der Waals surface area contributed by atoms with Gasteiger partial charge in [0.05, 0.1) is 0 Å². The Labute approximate surface area is 321 Å². The fourth-order valence-electron chi connectivity index (χ4n) is 7.95. The van der Waals surface area contributed by atoms with Crippen molar-refractivity contribution in [2.75, 3.05) is 0 Å². The van der Waals surface area contributed by atoms with Crippen molar-refractivity contribution < 1.29 is 0 Å². The van der Waals surface area contributed by atoms with E-state index >= 15 is 0 Å². The van der Waals surface area contributed by atoms with Gasteiger partial charge in [-0.25, -0.2) is 15.0 Å². The van der Waals surface area contributed by atoms with E-state index in [4.69, 9.17) is 15.0 Å². The number of hydrogen-bond donors (Lipinski definition) is 0. The van der Waals surface area contributed by atoms with Gasteiger partial charge in [-0.2, -0.15) is 0 Å². The molecule has 0 unspecified atom stereocenters. The summed E-state index contributed by atoms with van der Waals surface area (Å²) < 4.78 is 2.42. The molecule has 0 fully saturated rings. The molecular weight excluding hydrogens is 687 g/mol. The maximum Gasteiger partial charge on any atom is 0.165 e. The van der Waals surface area contributed by atoms with Crippen LogP contribution in [0.5, 0.6) is 0 Å². The molecule has 0 radical (unpaired) electrons. The number of fused-ring (bicyclic) bond motifs is 6. The SMILES string of the molecule is c1ccc2cc(-c3ccc(-c4nc(-c5ccc(-c6ccc7ccccc7c6)c6ccccc56)nc(-c5cccc6c5sc5ccccc56)n4)cc3)ccc2c1. The summed E-state index contributed by atoms with van der Waals surface area (Å²) in [6, 6.07) is 67.0. The molecular formula is C51H31N3S. The molecule has 9 aromatic carbocycles. The molecule has 2 heterocycles. The van der Waals surface area contributed by atoms with Crippen molar-refractivity contribution in [3.05, 3.63) is 188 Å². The van der Waals surface area contributed by atoms with Crippen LogP contribution in [0.15, 0.2) is 188 Å². The Kier molecular flexibility index (Phi) is 7.35. The summed E-state index contributed by atoms with van der Waals surface area (Å²) in [5.41, 5.74) is 7.61. The fraction of sp³-hybridized carbons (Fsp3) is 0. The first-order valence-corrected chi connectivity index (χ1v) is 19.3. The van der Waals surface area contributed by atoms with Gasteiger partial charge in [0.25, 0.3) is 0 Å². The molecule has 0 saturated carbocycles. The topological polar surface area (TPSA) is 38.7 Å². The van der Waals surface area contributed by atoms with E-state index in [0.29, 0.717) is 17.5 Å². The second kappa shape index (κ2) is 12.8. The van der Waals surface area contributed by atoms with E-state index in [1.807, 2.05) is 0 Å². The average molecular weight is 718 g/mol. The van der Waals surface area contributed by atoms with Crippen molar-refractivity contribution in [2.45, 2.75) is 0 Å². The molecule has 0 saturated heterocycles. The molecule has 55 heavy (non-hydrogen) atoms. The van der Waals surface area contributed by atoms with Crippen LogP contribution in [0, 0.1) is 0 Å². The standard InChI is InChI=1S/C51H31N3S/c1-3-12-36-30-38(26-22-32(36)10-1)34-20-24-35(25-21-34)49-52-50(54-51(53-49)46-18-9-17-44-43-16-7-8-19-47(43)55-48(44)46)45-29-28-40(41-14-5-6-15-42(41)45)39-27-23-33-11-2-4-13-37(33)31-39/h1-31H. The first-order valence-electron chi connectivity index (χ1n) is 18.5. The van der Waals surface area contributed by atoms with Crippen LogP contribution in [-0.4, -0.2) is 15.0 Å². The van der Waals surface area contributed by atoms with Crippen molar-refractivity contribution in [3.63, 3.8) is 0 Å². The number of hydrogen-bond acceptors (Lipinski definition) is 4. The molecule has 0 spiro atoms. The highest BCUT2D eigenvalue weighted by Gasteiger charge is 2.19. The summed E-state index contributed by atoms with van der Waals surface area (Å²) in [6.07, 6.45) is 0. The van der Waals surface area contributed by atoms with Crippen LogP contribution in [0.4, 0.5) is 0 Å². The van der Waals surface area contributed by atoms with Crippen LogP contribution in [0.25, 0.3) is 109 Å². The van der Waals surface area contributed by atoms with E-state index in [-0.39, 0.29) is 0 Å². The Morgan fingerprint density at radius 2 is 0.800 bits per heavy atom. The second-order valence-electron chi connectivity index (χ2n) is 14.0.